The molecule has 0 spiro atoms. The molecular formula is C38H48FN3O10S. The zero-order valence-electron chi connectivity index (χ0n) is 30.8. The van der Waals surface area contributed by atoms with Gasteiger partial charge < -0.3 is 14.4 Å². The molecule has 5 rings (SSSR count). The number of likely N-dealkylation sites (tertiary alicyclic amines) is 1. The molecule has 2 aliphatic heterocycles. The summed E-state index contributed by atoms with van der Waals surface area (Å²) in [6.07, 6.45) is 0.624. The Bertz CT molecular complexity index is 1850. The summed E-state index contributed by atoms with van der Waals surface area (Å²) in [5.41, 5.74) is -0.633. The molecule has 1 aromatic carbocycles. The Morgan fingerprint density at radius 2 is 1.79 bits per heavy atom. The second kappa shape index (κ2) is 15.2. The van der Waals surface area contributed by atoms with Gasteiger partial charge in [-0.1, -0.05) is 23.8 Å². The van der Waals surface area contributed by atoms with Gasteiger partial charge in [-0.25, -0.2) is 17.6 Å². The summed E-state index contributed by atoms with van der Waals surface area (Å²) in [6, 6.07) is 3.30. The van der Waals surface area contributed by atoms with Crippen molar-refractivity contribution in [3.05, 3.63) is 59.4 Å². The molecule has 53 heavy (non-hydrogen) atoms. The van der Waals surface area contributed by atoms with Gasteiger partial charge in [0.25, 0.3) is 0 Å². The number of amides is 3. The first-order chi connectivity index (χ1) is 24.7. The highest BCUT2D eigenvalue weighted by atomic mass is 32.2. The van der Waals surface area contributed by atoms with Crippen molar-refractivity contribution < 1.29 is 51.0 Å². The fourth-order valence-electron chi connectivity index (χ4n) is 7.16. The maximum Gasteiger partial charge on any atom is 0.410 e. The molecule has 1 aromatic rings. The number of carbonyl (C=O) groups excluding carboxylic acids is 6. The van der Waals surface area contributed by atoms with Gasteiger partial charge in [0.1, 0.15) is 17.5 Å². The summed E-state index contributed by atoms with van der Waals surface area (Å²) in [5, 5.41) is -0.672. The van der Waals surface area contributed by atoms with E-state index in [1.807, 2.05) is 0 Å². The number of allylic oxidation sites excluding steroid dienone is 3. The Kier molecular flexibility index (Phi) is 11.4. The minimum atomic E-state index is -3.93. The summed E-state index contributed by atoms with van der Waals surface area (Å²) < 4.78 is 53.2. The number of nitrogens with one attached hydrogen (secondary N) is 1. The molecule has 13 nitrogen and oxygen atoms in total. The average molecular weight is 758 g/mol. The van der Waals surface area contributed by atoms with E-state index in [2.05, 4.69) is 11.3 Å². The number of hydrogen-bond acceptors (Lipinski definition) is 10. The van der Waals surface area contributed by atoms with Crippen LogP contribution in [0.15, 0.2) is 42.5 Å². The smallest absolute Gasteiger partial charge is 0.410 e. The van der Waals surface area contributed by atoms with Crippen LogP contribution in [0.2, 0.25) is 0 Å². The van der Waals surface area contributed by atoms with Crippen LogP contribution in [-0.2, 0) is 56.6 Å². The van der Waals surface area contributed by atoms with Crippen LogP contribution in [0.5, 0.6) is 0 Å². The topological polar surface area (TPSA) is 174 Å². The number of benzene rings is 1. The summed E-state index contributed by atoms with van der Waals surface area (Å²) in [4.78, 5) is 83.9. The van der Waals surface area contributed by atoms with Crippen molar-refractivity contribution in [3.8, 4) is 0 Å². The molecule has 4 aliphatic rings. The van der Waals surface area contributed by atoms with Crippen LogP contribution in [0, 0.1) is 23.1 Å². The second-order valence-electron chi connectivity index (χ2n) is 15.9. The predicted octanol–water partition coefficient (Wildman–Crippen LogP) is 4.28. The van der Waals surface area contributed by atoms with E-state index in [0.717, 1.165) is 0 Å². The number of hydrogen-bond donors (Lipinski definition) is 1. The van der Waals surface area contributed by atoms with Crippen LogP contribution in [-0.4, -0.2) is 83.2 Å². The first-order valence-corrected chi connectivity index (χ1v) is 19.4. The van der Waals surface area contributed by atoms with E-state index in [1.165, 1.54) is 28.0 Å². The first-order valence-electron chi connectivity index (χ1n) is 17.9. The van der Waals surface area contributed by atoms with Crippen molar-refractivity contribution in [2.24, 2.45) is 17.3 Å². The molecular weight excluding hydrogens is 709 g/mol. The molecule has 5 atom stereocenters. The van der Waals surface area contributed by atoms with Gasteiger partial charge >= 0.3 is 12.1 Å². The molecule has 3 fully saturated rings. The number of esters is 1. The molecule has 1 unspecified atom stereocenters. The van der Waals surface area contributed by atoms with E-state index >= 15 is 0 Å². The molecule has 1 saturated heterocycles. The van der Waals surface area contributed by atoms with Gasteiger partial charge in [-0.15, -0.1) is 6.58 Å². The van der Waals surface area contributed by atoms with Gasteiger partial charge in [0.05, 0.1) is 42.1 Å². The van der Waals surface area contributed by atoms with E-state index < -0.39 is 104 Å². The number of rotatable bonds is 14. The number of ketones is 2. The molecule has 15 heteroatoms. The number of Topliss-reactive ketones (excluding diaryl/α,β-unsaturated/α-hetero) is 1. The van der Waals surface area contributed by atoms with Gasteiger partial charge in [0, 0.05) is 31.4 Å². The Morgan fingerprint density at radius 1 is 1.09 bits per heavy atom. The molecule has 1 N–H and O–H groups in total. The highest BCUT2D eigenvalue weighted by molar-refractivity contribution is 7.90. The standard InChI is InChI=1S/C38H48FN3O10S/c1-7-25-17-38(25,35(47)40-53(49,50)28-11-12-28)18-32(44)31-16-27(51-36(48)41-19-23-9-8-10-30(39)29(23)21-41)20-42(31)34(46)24(14-26(43)13-22(2)3)15-33(45)52-37(4,5)6/h7-10,13,24-25,27-28,31H,1,11-12,14-21H2,2-6H3,(H,40,47)/t24-,25-,27?,31+,38-/m1/s1. The minimum absolute atomic E-state index is 0.0344. The number of sulfonamides is 1. The average Bonchev–Trinajstić information content (AvgIpc) is 3.93. The van der Waals surface area contributed by atoms with Crippen LogP contribution < -0.4 is 4.72 Å². The van der Waals surface area contributed by atoms with Crippen LogP contribution in [0.4, 0.5) is 9.18 Å². The molecule has 2 heterocycles. The minimum Gasteiger partial charge on any atom is -0.460 e. The van der Waals surface area contributed by atoms with Crippen LogP contribution >= 0.6 is 0 Å². The van der Waals surface area contributed by atoms with Gasteiger partial charge in [-0.3, -0.25) is 33.6 Å². The zero-order chi connectivity index (χ0) is 39.0. The SMILES string of the molecule is C=C[C@@H]1C[C@]1(CC(=O)[C@@H]1CC(OC(=O)N2Cc3cccc(F)c3C2)CN1C(=O)[C@H](CC(=O)C=C(C)C)CC(=O)OC(C)(C)C)C(=O)NS(=O)(=O)C1CC1. The molecule has 2 aliphatic carbocycles. The Labute approximate surface area is 309 Å². The van der Waals surface area contributed by atoms with Gasteiger partial charge in [0.15, 0.2) is 11.6 Å². The Hall–Kier alpha value is -4.40. The second-order valence-corrected chi connectivity index (χ2v) is 17.8. The maximum atomic E-state index is 14.4. The number of fused-ring (bicyclic) bond motifs is 1. The Balaban J connectivity index is 1.40. The first kappa shape index (κ1) is 39.8. The summed E-state index contributed by atoms with van der Waals surface area (Å²) in [6.45, 7) is 11.9. The van der Waals surface area contributed by atoms with E-state index in [4.69, 9.17) is 9.47 Å². The summed E-state index contributed by atoms with van der Waals surface area (Å²) in [5.74, 6) is -5.47. The van der Waals surface area contributed by atoms with Gasteiger partial charge in [0.2, 0.25) is 21.8 Å². The lowest BCUT2D eigenvalue weighted by Crippen LogP contribution is -2.47. The molecule has 3 amide bonds. The zero-order valence-corrected chi connectivity index (χ0v) is 31.6. The predicted molar refractivity (Wildman–Crippen MR) is 189 cm³/mol. The third-order valence-corrected chi connectivity index (χ3v) is 11.8. The van der Waals surface area contributed by atoms with Crippen molar-refractivity contribution in [1.29, 1.82) is 0 Å². The van der Waals surface area contributed by atoms with E-state index in [-0.39, 0.29) is 38.9 Å². The van der Waals surface area contributed by atoms with Gasteiger partial charge in [-0.05, 0) is 77.5 Å². The van der Waals surface area contributed by atoms with Crippen LogP contribution in [0.1, 0.15) is 90.7 Å². The lowest BCUT2D eigenvalue weighted by Gasteiger charge is -2.29. The molecule has 288 valence electrons. The summed E-state index contributed by atoms with van der Waals surface area (Å²) >= 11 is 0. The molecule has 0 radical (unpaired) electrons. The lowest BCUT2D eigenvalue weighted by molar-refractivity contribution is -0.159. The van der Waals surface area contributed by atoms with E-state index in [9.17, 15) is 41.6 Å². The third-order valence-electron chi connectivity index (χ3n) is 10.0. The lowest BCUT2D eigenvalue weighted by atomic mass is 9.90. The summed E-state index contributed by atoms with van der Waals surface area (Å²) in [7, 11) is -3.93. The number of halogens is 1. The molecule has 0 aromatic heterocycles. The van der Waals surface area contributed by atoms with Crippen molar-refractivity contribution in [2.75, 3.05) is 6.54 Å². The monoisotopic (exact) mass is 757 g/mol. The number of ether oxygens (including phenoxy) is 2. The maximum absolute atomic E-state index is 14.4. The van der Waals surface area contributed by atoms with Crippen molar-refractivity contribution in [2.45, 2.75) is 116 Å². The largest absolute Gasteiger partial charge is 0.460 e. The fraction of sp³-hybridized carbons (Fsp3) is 0.579. The highest BCUT2D eigenvalue weighted by Gasteiger charge is 2.61. The number of nitrogens with zero attached hydrogens (tertiary/aromatic N) is 2. The van der Waals surface area contributed by atoms with Crippen molar-refractivity contribution >= 4 is 45.5 Å². The van der Waals surface area contributed by atoms with E-state index in [0.29, 0.717) is 29.5 Å². The molecule has 0 bridgehead atoms. The van der Waals surface area contributed by atoms with Gasteiger partial charge in [-0.2, -0.15) is 0 Å². The highest BCUT2D eigenvalue weighted by Crippen LogP contribution is 2.57. The van der Waals surface area contributed by atoms with Crippen molar-refractivity contribution in [3.63, 3.8) is 0 Å². The fourth-order valence-corrected chi connectivity index (χ4v) is 8.54. The molecule has 2 saturated carbocycles. The van der Waals surface area contributed by atoms with E-state index in [1.54, 1.807) is 46.8 Å². The number of carbonyl (C=O) groups is 6. The Morgan fingerprint density at radius 3 is 2.38 bits per heavy atom. The normalized spacial score (nSPS) is 24.1. The third kappa shape index (κ3) is 9.40. The quantitative estimate of drug-likeness (QED) is 0.164. The van der Waals surface area contributed by atoms with Crippen LogP contribution in [0.3, 0.4) is 0 Å². The van der Waals surface area contributed by atoms with Crippen molar-refractivity contribution in [1.82, 2.24) is 14.5 Å². The van der Waals surface area contributed by atoms with Crippen LogP contribution in [0.25, 0.3) is 0 Å².